The minimum Gasteiger partial charge on any atom is -0.370 e. The lowest BCUT2D eigenvalue weighted by Crippen LogP contribution is -2.51. The van der Waals surface area contributed by atoms with Gasteiger partial charge >= 0.3 is 0 Å². The molecule has 0 bridgehead atoms. The summed E-state index contributed by atoms with van der Waals surface area (Å²) in [4.78, 5) is 36.9. The van der Waals surface area contributed by atoms with Gasteiger partial charge in [0.2, 0.25) is 17.7 Å². The number of imide groups is 1. The van der Waals surface area contributed by atoms with Crippen LogP contribution in [0.5, 0.6) is 0 Å². The number of nitrogens with one attached hydrogen (secondary N) is 1. The Kier molecular flexibility index (Phi) is 4.13. The molecule has 2 aliphatic rings. The van der Waals surface area contributed by atoms with Crippen LogP contribution in [0.1, 0.15) is 52.4 Å². The van der Waals surface area contributed by atoms with Crippen LogP contribution in [0.3, 0.4) is 0 Å². The molecular formula is C14H23N3O3. The third kappa shape index (κ3) is 3.17. The first kappa shape index (κ1) is 15.0. The number of hydrogen-bond donors (Lipinski definition) is 2. The topological polar surface area (TPSA) is 92.5 Å². The predicted molar refractivity (Wildman–Crippen MR) is 73.5 cm³/mol. The van der Waals surface area contributed by atoms with Crippen molar-refractivity contribution < 1.29 is 14.4 Å². The van der Waals surface area contributed by atoms with Gasteiger partial charge in [0.25, 0.3) is 0 Å². The minimum absolute atomic E-state index is 0.0704. The summed E-state index contributed by atoms with van der Waals surface area (Å²) in [6, 6.07) is -0.460. The van der Waals surface area contributed by atoms with E-state index in [1.807, 2.05) is 13.8 Å². The zero-order chi connectivity index (χ0) is 14.9. The molecule has 2 rings (SSSR count). The van der Waals surface area contributed by atoms with E-state index in [1.165, 1.54) is 4.90 Å². The van der Waals surface area contributed by atoms with Crippen LogP contribution in [0, 0.1) is 0 Å². The van der Waals surface area contributed by atoms with Gasteiger partial charge in [-0.05, 0) is 26.7 Å². The number of nitrogens with zero attached hydrogens (tertiary/aromatic N) is 1. The van der Waals surface area contributed by atoms with E-state index in [-0.39, 0.29) is 30.7 Å². The van der Waals surface area contributed by atoms with E-state index in [9.17, 15) is 14.4 Å². The Morgan fingerprint density at radius 1 is 1.35 bits per heavy atom. The molecule has 0 spiro atoms. The highest BCUT2D eigenvalue weighted by atomic mass is 16.2. The first-order valence-corrected chi connectivity index (χ1v) is 7.22. The van der Waals surface area contributed by atoms with E-state index in [4.69, 9.17) is 5.73 Å². The van der Waals surface area contributed by atoms with Gasteiger partial charge in [-0.25, -0.2) is 0 Å². The maximum absolute atomic E-state index is 12.4. The third-order valence-corrected chi connectivity index (χ3v) is 4.05. The molecule has 6 heteroatoms. The van der Waals surface area contributed by atoms with Crippen molar-refractivity contribution in [2.45, 2.75) is 70.0 Å². The fraction of sp³-hybridized carbons (Fsp3) is 0.786. The molecule has 0 aromatic rings. The van der Waals surface area contributed by atoms with Crippen molar-refractivity contribution >= 4 is 17.7 Å². The lowest BCUT2D eigenvalue weighted by atomic mass is 9.98. The van der Waals surface area contributed by atoms with Gasteiger partial charge in [0.1, 0.15) is 0 Å². The second-order valence-electron chi connectivity index (χ2n) is 6.47. The summed E-state index contributed by atoms with van der Waals surface area (Å²) in [6.07, 6.45) is 4.29. The predicted octanol–water partition coefficient (Wildman–Crippen LogP) is 0.300. The van der Waals surface area contributed by atoms with Crippen molar-refractivity contribution in [3.05, 3.63) is 0 Å². The zero-order valence-electron chi connectivity index (χ0n) is 12.1. The van der Waals surface area contributed by atoms with Gasteiger partial charge in [-0.15, -0.1) is 0 Å². The molecule has 2 fully saturated rings. The van der Waals surface area contributed by atoms with E-state index in [2.05, 4.69) is 5.32 Å². The number of hydrogen-bond acceptors (Lipinski definition) is 4. The highest BCUT2D eigenvalue weighted by Crippen LogP contribution is 2.28. The summed E-state index contributed by atoms with van der Waals surface area (Å²) in [6.45, 7) is 3.63. The Morgan fingerprint density at radius 2 is 1.95 bits per heavy atom. The Hall–Kier alpha value is -1.43. The van der Waals surface area contributed by atoms with Crippen LogP contribution >= 0.6 is 0 Å². The highest BCUT2D eigenvalue weighted by Gasteiger charge is 2.44. The number of amides is 3. The van der Waals surface area contributed by atoms with Gasteiger partial charge in [0.15, 0.2) is 0 Å². The third-order valence-electron chi connectivity index (χ3n) is 4.05. The Bertz CT molecular complexity index is 427. The molecule has 1 saturated heterocycles. The molecule has 0 aromatic heterocycles. The van der Waals surface area contributed by atoms with Crippen molar-refractivity contribution in [1.82, 2.24) is 10.2 Å². The molecule has 1 aliphatic carbocycles. The molecule has 0 radical (unpaired) electrons. The van der Waals surface area contributed by atoms with Crippen LogP contribution in [-0.4, -0.2) is 40.2 Å². The average molecular weight is 281 g/mol. The van der Waals surface area contributed by atoms with Crippen molar-refractivity contribution in [3.8, 4) is 0 Å². The second kappa shape index (κ2) is 5.52. The largest absolute Gasteiger partial charge is 0.370 e. The van der Waals surface area contributed by atoms with Gasteiger partial charge < -0.3 is 5.73 Å². The molecule has 1 atom stereocenters. The number of primary amides is 1. The minimum atomic E-state index is -0.585. The maximum atomic E-state index is 12.4. The first-order valence-electron chi connectivity index (χ1n) is 7.22. The number of likely N-dealkylation sites (tertiary alicyclic amines) is 1. The fourth-order valence-electron chi connectivity index (χ4n) is 3.27. The van der Waals surface area contributed by atoms with Crippen LogP contribution in [0.4, 0.5) is 0 Å². The van der Waals surface area contributed by atoms with Crippen molar-refractivity contribution in [1.29, 1.82) is 0 Å². The standard InChI is InChI=1S/C14H23N3O3/c1-14(2,8-11(15)18)16-10-7-12(19)17(13(10)20)9-5-3-4-6-9/h9-10,16H,3-8H2,1-2H3,(H2,15,18). The lowest BCUT2D eigenvalue weighted by molar-refractivity contribution is -0.141. The first-order chi connectivity index (χ1) is 9.30. The summed E-state index contributed by atoms with van der Waals surface area (Å²) < 4.78 is 0. The summed E-state index contributed by atoms with van der Waals surface area (Å²) in [5.74, 6) is -0.680. The van der Waals surface area contributed by atoms with E-state index in [0.717, 1.165) is 25.7 Å². The molecule has 3 amide bonds. The summed E-state index contributed by atoms with van der Waals surface area (Å²) in [5, 5.41) is 3.11. The molecule has 112 valence electrons. The summed E-state index contributed by atoms with van der Waals surface area (Å²) in [5.41, 5.74) is 4.62. The van der Waals surface area contributed by atoms with E-state index in [0.29, 0.717) is 0 Å². The smallest absolute Gasteiger partial charge is 0.247 e. The van der Waals surface area contributed by atoms with E-state index < -0.39 is 17.5 Å². The Morgan fingerprint density at radius 3 is 2.50 bits per heavy atom. The van der Waals surface area contributed by atoms with Gasteiger partial charge in [0, 0.05) is 18.0 Å². The number of rotatable bonds is 5. The summed E-state index contributed by atoms with van der Waals surface area (Å²) >= 11 is 0. The molecule has 20 heavy (non-hydrogen) atoms. The molecule has 6 nitrogen and oxygen atoms in total. The van der Waals surface area contributed by atoms with Gasteiger partial charge in [0.05, 0.1) is 12.5 Å². The fourth-order valence-corrected chi connectivity index (χ4v) is 3.27. The van der Waals surface area contributed by atoms with Gasteiger partial charge in [-0.3, -0.25) is 24.6 Å². The molecule has 1 saturated carbocycles. The quantitative estimate of drug-likeness (QED) is 0.709. The van der Waals surface area contributed by atoms with Crippen LogP contribution < -0.4 is 11.1 Å². The normalized spacial score (nSPS) is 24.7. The van der Waals surface area contributed by atoms with Crippen molar-refractivity contribution in [3.63, 3.8) is 0 Å². The molecular weight excluding hydrogens is 258 g/mol. The van der Waals surface area contributed by atoms with Crippen molar-refractivity contribution in [2.75, 3.05) is 0 Å². The second-order valence-corrected chi connectivity index (χ2v) is 6.47. The number of nitrogens with two attached hydrogens (primary N) is 1. The molecule has 3 N–H and O–H groups in total. The van der Waals surface area contributed by atoms with Crippen LogP contribution in [0.25, 0.3) is 0 Å². The number of carbonyl (C=O) groups is 3. The van der Waals surface area contributed by atoms with Crippen LogP contribution in [-0.2, 0) is 14.4 Å². The van der Waals surface area contributed by atoms with E-state index in [1.54, 1.807) is 0 Å². The van der Waals surface area contributed by atoms with Crippen molar-refractivity contribution in [2.24, 2.45) is 5.73 Å². The van der Waals surface area contributed by atoms with Crippen LogP contribution in [0.2, 0.25) is 0 Å². The van der Waals surface area contributed by atoms with Gasteiger partial charge in [-0.2, -0.15) is 0 Å². The summed E-state index contributed by atoms with van der Waals surface area (Å²) in [7, 11) is 0. The maximum Gasteiger partial charge on any atom is 0.247 e. The monoisotopic (exact) mass is 281 g/mol. The highest BCUT2D eigenvalue weighted by molar-refractivity contribution is 6.06. The van der Waals surface area contributed by atoms with Gasteiger partial charge in [-0.1, -0.05) is 12.8 Å². The lowest BCUT2D eigenvalue weighted by Gasteiger charge is -2.28. The Labute approximate surface area is 119 Å². The number of carbonyl (C=O) groups excluding carboxylic acids is 3. The zero-order valence-corrected chi connectivity index (χ0v) is 12.1. The van der Waals surface area contributed by atoms with Crippen LogP contribution in [0.15, 0.2) is 0 Å². The average Bonchev–Trinajstić information content (AvgIpc) is 2.86. The molecule has 1 unspecified atom stereocenters. The SMILES string of the molecule is CC(C)(CC(N)=O)NC1CC(=O)N(C2CCCC2)C1=O. The van der Waals surface area contributed by atoms with E-state index >= 15 is 0 Å². The molecule has 0 aromatic carbocycles. The molecule has 1 heterocycles. The Balaban J connectivity index is 2.02. The molecule has 1 aliphatic heterocycles.